The summed E-state index contributed by atoms with van der Waals surface area (Å²) in [4.78, 5) is 15.3. The average molecular weight is 365 g/mol. The Labute approximate surface area is 146 Å². The molecule has 1 amide bonds. The van der Waals surface area contributed by atoms with Crippen LogP contribution in [-0.2, 0) is 21.4 Å². The fourth-order valence-corrected chi connectivity index (χ4v) is 3.29. The van der Waals surface area contributed by atoms with Crippen LogP contribution in [0.15, 0.2) is 41.4 Å². The Morgan fingerprint density at radius 3 is 2.44 bits per heavy atom. The molecule has 0 unspecified atom stereocenters. The van der Waals surface area contributed by atoms with E-state index in [1.165, 1.54) is 33.3 Å². The molecular weight excluding hydrogens is 346 g/mol. The van der Waals surface area contributed by atoms with Crippen molar-refractivity contribution in [2.45, 2.75) is 18.4 Å². The number of methoxy groups -OCH3 is 2. The van der Waals surface area contributed by atoms with E-state index in [1.807, 2.05) is 0 Å². The van der Waals surface area contributed by atoms with Crippen LogP contribution in [0.5, 0.6) is 11.5 Å². The minimum atomic E-state index is -3.91. The van der Waals surface area contributed by atoms with Crippen LogP contribution in [0.3, 0.4) is 0 Å². The van der Waals surface area contributed by atoms with Gasteiger partial charge in [0.25, 0.3) is 0 Å². The lowest BCUT2D eigenvalue weighted by atomic mass is 10.2. The van der Waals surface area contributed by atoms with Crippen molar-refractivity contribution < 1.29 is 22.7 Å². The van der Waals surface area contributed by atoms with Crippen molar-refractivity contribution in [2.24, 2.45) is 0 Å². The summed E-state index contributed by atoms with van der Waals surface area (Å²) >= 11 is 0. The van der Waals surface area contributed by atoms with E-state index < -0.39 is 10.0 Å². The lowest BCUT2D eigenvalue weighted by molar-refractivity contribution is -0.114. The van der Waals surface area contributed by atoms with Gasteiger partial charge in [0.15, 0.2) is 0 Å². The van der Waals surface area contributed by atoms with Gasteiger partial charge in [0.2, 0.25) is 15.9 Å². The number of carbonyl (C=O) groups excluding carboxylic acids is 1. The Hall–Kier alpha value is -2.65. The number of pyridine rings is 1. The summed E-state index contributed by atoms with van der Waals surface area (Å²) in [5.74, 6) is 0.0310. The van der Waals surface area contributed by atoms with Crippen LogP contribution in [0.25, 0.3) is 0 Å². The van der Waals surface area contributed by atoms with Gasteiger partial charge < -0.3 is 14.8 Å². The zero-order valence-corrected chi connectivity index (χ0v) is 14.9. The first kappa shape index (κ1) is 18.7. The number of hydrogen-bond donors (Lipinski definition) is 2. The van der Waals surface area contributed by atoms with E-state index >= 15 is 0 Å². The number of hydrogen-bond acceptors (Lipinski definition) is 6. The molecule has 0 bridgehead atoms. The number of amides is 1. The van der Waals surface area contributed by atoms with Gasteiger partial charge in [0, 0.05) is 19.2 Å². The second-order valence-corrected chi connectivity index (χ2v) is 6.77. The third-order valence-electron chi connectivity index (χ3n) is 3.26. The molecular formula is C16H19N3O5S. The van der Waals surface area contributed by atoms with Gasteiger partial charge in [-0.3, -0.25) is 9.78 Å². The Kier molecular flexibility index (Phi) is 5.94. The smallest absolute Gasteiger partial charge is 0.244 e. The lowest BCUT2D eigenvalue weighted by Crippen LogP contribution is -2.24. The number of carbonyl (C=O) groups is 1. The summed E-state index contributed by atoms with van der Waals surface area (Å²) in [5, 5.41) is 2.54. The Morgan fingerprint density at radius 2 is 1.88 bits per heavy atom. The molecule has 0 radical (unpaired) electrons. The number of nitrogens with one attached hydrogen (secondary N) is 2. The first-order valence-corrected chi connectivity index (χ1v) is 8.79. The number of sulfonamides is 1. The maximum absolute atomic E-state index is 12.7. The molecule has 0 aliphatic rings. The Bertz CT molecular complexity index is 854. The van der Waals surface area contributed by atoms with Crippen LogP contribution in [0.2, 0.25) is 0 Å². The van der Waals surface area contributed by atoms with Crippen LogP contribution in [0.4, 0.5) is 5.69 Å². The summed E-state index contributed by atoms with van der Waals surface area (Å²) in [6.07, 6.45) is 1.58. The number of benzene rings is 1. The number of ether oxygens (including phenoxy) is 2. The van der Waals surface area contributed by atoms with E-state index in [2.05, 4.69) is 15.0 Å². The van der Waals surface area contributed by atoms with E-state index in [0.717, 1.165) is 0 Å². The highest BCUT2D eigenvalue weighted by Gasteiger charge is 2.23. The number of rotatable bonds is 7. The zero-order valence-electron chi connectivity index (χ0n) is 14.1. The van der Waals surface area contributed by atoms with E-state index in [1.54, 1.807) is 24.4 Å². The van der Waals surface area contributed by atoms with Gasteiger partial charge in [-0.2, -0.15) is 0 Å². The van der Waals surface area contributed by atoms with Crippen molar-refractivity contribution in [1.29, 1.82) is 0 Å². The molecule has 0 aliphatic heterocycles. The van der Waals surface area contributed by atoms with E-state index in [0.29, 0.717) is 5.69 Å². The summed E-state index contributed by atoms with van der Waals surface area (Å²) < 4.78 is 38.1. The number of aromatic nitrogens is 1. The third kappa shape index (κ3) is 4.68. The van der Waals surface area contributed by atoms with Crippen molar-refractivity contribution in [3.63, 3.8) is 0 Å². The van der Waals surface area contributed by atoms with Gasteiger partial charge in [-0.25, -0.2) is 13.1 Å². The van der Waals surface area contributed by atoms with Crippen LogP contribution >= 0.6 is 0 Å². The van der Waals surface area contributed by atoms with Crippen molar-refractivity contribution in [3.8, 4) is 11.5 Å². The molecule has 25 heavy (non-hydrogen) atoms. The summed E-state index contributed by atoms with van der Waals surface area (Å²) in [5.41, 5.74) is 0.801. The fraction of sp³-hybridized carbons (Fsp3) is 0.250. The molecule has 8 nitrogen and oxygen atoms in total. The quantitative estimate of drug-likeness (QED) is 0.771. The summed E-state index contributed by atoms with van der Waals surface area (Å²) in [6.45, 7) is 1.34. The van der Waals surface area contributed by atoms with Gasteiger partial charge in [0.05, 0.1) is 32.1 Å². The molecule has 134 valence electrons. The topological polar surface area (TPSA) is 107 Å². The van der Waals surface area contributed by atoms with Crippen molar-refractivity contribution >= 4 is 21.6 Å². The molecule has 0 saturated heterocycles. The van der Waals surface area contributed by atoms with Gasteiger partial charge in [0.1, 0.15) is 16.4 Å². The predicted molar refractivity (Wildman–Crippen MR) is 92.1 cm³/mol. The highest BCUT2D eigenvalue weighted by atomic mass is 32.2. The van der Waals surface area contributed by atoms with Gasteiger partial charge in [-0.15, -0.1) is 0 Å². The minimum absolute atomic E-state index is 0.0217. The Balaban J connectivity index is 2.39. The highest BCUT2D eigenvalue weighted by Crippen LogP contribution is 2.35. The summed E-state index contributed by atoms with van der Waals surface area (Å²) in [6, 6.07) is 7.90. The largest absolute Gasteiger partial charge is 0.495 e. The van der Waals surface area contributed by atoms with E-state index in [4.69, 9.17) is 9.47 Å². The highest BCUT2D eigenvalue weighted by molar-refractivity contribution is 7.89. The molecule has 1 aromatic carbocycles. The van der Waals surface area contributed by atoms with Crippen molar-refractivity contribution in [2.75, 3.05) is 19.5 Å². The normalized spacial score (nSPS) is 11.0. The second kappa shape index (κ2) is 7.95. The molecule has 1 heterocycles. The maximum atomic E-state index is 12.7. The molecule has 2 N–H and O–H groups in total. The molecule has 0 atom stereocenters. The van der Waals surface area contributed by atoms with Crippen molar-refractivity contribution in [1.82, 2.24) is 9.71 Å². The fourth-order valence-electron chi connectivity index (χ4n) is 2.12. The minimum Gasteiger partial charge on any atom is -0.495 e. The third-order valence-corrected chi connectivity index (χ3v) is 4.68. The summed E-state index contributed by atoms with van der Waals surface area (Å²) in [7, 11) is -1.14. The maximum Gasteiger partial charge on any atom is 0.244 e. The molecule has 0 spiro atoms. The molecule has 9 heteroatoms. The SMILES string of the molecule is COc1cc(OC)c(S(=O)(=O)NCc2ccccn2)cc1NC(C)=O. The van der Waals surface area contributed by atoms with E-state index in [9.17, 15) is 13.2 Å². The van der Waals surface area contributed by atoms with E-state index in [-0.39, 0.29) is 34.5 Å². The Morgan fingerprint density at radius 1 is 1.16 bits per heavy atom. The van der Waals surface area contributed by atoms with Crippen LogP contribution < -0.4 is 19.5 Å². The molecule has 0 fully saturated rings. The first-order chi connectivity index (χ1) is 11.9. The predicted octanol–water partition coefficient (Wildman–Crippen LogP) is 1.54. The standard InChI is InChI=1S/C16H19N3O5S/c1-11(20)19-13-8-16(15(24-3)9-14(13)23-2)25(21,22)18-10-12-6-4-5-7-17-12/h4-9,18H,10H2,1-3H3,(H,19,20). The molecule has 2 aromatic rings. The molecule has 0 saturated carbocycles. The van der Waals surface area contributed by atoms with Gasteiger partial charge in [-0.05, 0) is 18.2 Å². The van der Waals surface area contributed by atoms with Crippen LogP contribution in [0.1, 0.15) is 12.6 Å². The monoisotopic (exact) mass is 365 g/mol. The first-order valence-electron chi connectivity index (χ1n) is 7.30. The number of nitrogens with zero attached hydrogens (tertiary/aromatic N) is 1. The van der Waals surface area contributed by atoms with Gasteiger partial charge in [-0.1, -0.05) is 6.07 Å². The zero-order chi connectivity index (χ0) is 18.4. The second-order valence-electron chi connectivity index (χ2n) is 5.03. The van der Waals surface area contributed by atoms with Gasteiger partial charge >= 0.3 is 0 Å². The molecule has 0 aliphatic carbocycles. The van der Waals surface area contributed by atoms with Crippen LogP contribution in [0, 0.1) is 0 Å². The lowest BCUT2D eigenvalue weighted by Gasteiger charge is -2.15. The molecule has 1 aromatic heterocycles. The molecule has 2 rings (SSSR count). The number of anilines is 1. The van der Waals surface area contributed by atoms with Crippen LogP contribution in [-0.4, -0.2) is 33.5 Å². The average Bonchev–Trinajstić information content (AvgIpc) is 2.60. The van der Waals surface area contributed by atoms with Crippen molar-refractivity contribution in [3.05, 3.63) is 42.2 Å².